The number of ether oxygens (including phenoxy) is 1. The maximum absolute atomic E-state index is 13.9. The van der Waals surface area contributed by atoms with Crippen LogP contribution in [0.15, 0.2) is 152 Å². The van der Waals surface area contributed by atoms with E-state index < -0.39 is 0 Å². The summed E-state index contributed by atoms with van der Waals surface area (Å²) in [6.07, 6.45) is 2.65. The van der Waals surface area contributed by atoms with Crippen molar-refractivity contribution in [2.45, 2.75) is 58.1 Å². The molecule has 0 unspecified atom stereocenters. The first kappa shape index (κ1) is 31.9. The van der Waals surface area contributed by atoms with Gasteiger partial charge in [-0.05, 0) is 47.2 Å². The first-order valence-corrected chi connectivity index (χ1v) is 16.1. The molecular formula is C41H44N2O2. The average molecular weight is 597 g/mol. The van der Waals surface area contributed by atoms with Gasteiger partial charge in [-0.15, -0.1) is 0 Å². The van der Waals surface area contributed by atoms with Gasteiger partial charge < -0.3 is 4.74 Å². The third-order valence-electron chi connectivity index (χ3n) is 8.09. The van der Waals surface area contributed by atoms with Crippen molar-refractivity contribution in [2.24, 2.45) is 0 Å². The van der Waals surface area contributed by atoms with E-state index in [0.717, 1.165) is 44.5 Å². The van der Waals surface area contributed by atoms with Gasteiger partial charge in [-0.2, -0.15) is 0 Å². The van der Waals surface area contributed by atoms with Crippen molar-refractivity contribution < 1.29 is 9.53 Å². The molecule has 0 heterocycles. The van der Waals surface area contributed by atoms with Gasteiger partial charge in [0.1, 0.15) is 12.6 Å². The van der Waals surface area contributed by atoms with Crippen LogP contribution in [0.25, 0.3) is 0 Å². The minimum Gasteiger partial charge on any atom is -0.460 e. The zero-order chi connectivity index (χ0) is 30.9. The molecule has 0 aromatic heterocycles. The predicted octanol–water partition coefficient (Wildman–Crippen LogP) is 8.67. The molecule has 4 nitrogen and oxygen atoms in total. The molecule has 0 amide bonds. The molecule has 0 N–H and O–H groups in total. The quantitative estimate of drug-likeness (QED) is 0.0794. The largest absolute Gasteiger partial charge is 0.460 e. The molecule has 5 rings (SSSR count). The van der Waals surface area contributed by atoms with Crippen LogP contribution in [0.5, 0.6) is 0 Å². The fourth-order valence-corrected chi connectivity index (χ4v) is 5.76. The zero-order valence-electron chi connectivity index (χ0n) is 26.1. The van der Waals surface area contributed by atoms with E-state index >= 15 is 0 Å². The topological polar surface area (TPSA) is 32.8 Å². The van der Waals surface area contributed by atoms with E-state index in [9.17, 15) is 4.79 Å². The maximum atomic E-state index is 13.9. The molecule has 0 saturated carbocycles. The van der Waals surface area contributed by atoms with Crippen molar-refractivity contribution >= 4 is 5.97 Å². The molecule has 0 bridgehead atoms. The summed E-state index contributed by atoms with van der Waals surface area (Å²) in [4.78, 5) is 18.7. The summed E-state index contributed by atoms with van der Waals surface area (Å²) < 4.78 is 5.99. The highest BCUT2D eigenvalue weighted by molar-refractivity contribution is 5.75. The lowest BCUT2D eigenvalue weighted by Crippen LogP contribution is -2.41. The van der Waals surface area contributed by atoms with E-state index in [-0.39, 0.29) is 18.6 Å². The molecular weight excluding hydrogens is 552 g/mol. The van der Waals surface area contributed by atoms with Gasteiger partial charge in [0.25, 0.3) is 0 Å². The van der Waals surface area contributed by atoms with Gasteiger partial charge >= 0.3 is 5.97 Å². The molecule has 0 aliphatic heterocycles. The van der Waals surface area contributed by atoms with E-state index in [4.69, 9.17) is 4.74 Å². The number of esters is 1. The summed E-state index contributed by atoms with van der Waals surface area (Å²) in [5.74, 6) is -0.156. The number of hydrogen-bond acceptors (Lipinski definition) is 4. The van der Waals surface area contributed by atoms with Gasteiger partial charge in [0.15, 0.2) is 0 Å². The fourth-order valence-electron chi connectivity index (χ4n) is 5.76. The molecule has 1 atom stereocenters. The van der Waals surface area contributed by atoms with Crippen LogP contribution in [-0.2, 0) is 42.3 Å². The van der Waals surface area contributed by atoms with E-state index in [2.05, 4.69) is 119 Å². The Hall–Kier alpha value is -4.51. The number of carbonyl (C=O) groups is 1. The number of nitrogens with zero attached hydrogens (tertiary/aromatic N) is 2. The molecule has 0 aliphatic carbocycles. The van der Waals surface area contributed by atoms with Crippen molar-refractivity contribution in [2.75, 3.05) is 6.54 Å². The van der Waals surface area contributed by atoms with Crippen LogP contribution in [0, 0.1) is 0 Å². The van der Waals surface area contributed by atoms with Crippen LogP contribution < -0.4 is 0 Å². The Bertz CT molecular complexity index is 1430. The van der Waals surface area contributed by atoms with Crippen LogP contribution in [0.3, 0.4) is 0 Å². The number of carbonyl (C=O) groups excluding carboxylic acids is 1. The van der Waals surface area contributed by atoms with Gasteiger partial charge in [-0.25, -0.2) is 0 Å². The lowest BCUT2D eigenvalue weighted by Gasteiger charge is -2.31. The van der Waals surface area contributed by atoms with Gasteiger partial charge in [0.2, 0.25) is 0 Å². The van der Waals surface area contributed by atoms with Crippen LogP contribution in [0.4, 0.5) is 0 Å². The molecule has 0 fully saturated rings. The monoisotopic (exact) mass is 596 g/mol. The van der Waals surface area contributed by atoms with E-state index in [0.29, 0.717) is 13.1 Å². The maximum Gasteiger partial charge on any atom is 0.323 e. The summed E-state index contributed by atoms with van der Waals surface area (Å²) in [7, 11) is 0. The van der Waals surface area contributed by atoms with Gasteiger partial charge in [0.05, 0.1) is 0 Å². The first-order valence-electron chi connectivity index (χ1n) is 16.1. The molecule has 0 radical (unpaired) electrons. The average Bonchev–Trinajstić information content (AvgIpc) is 3.09. The van der Waals surface area contributed by atoms with Crippen molar-refractivity contribution in [3.05, 3.63) is 179 Å². The summed E-state index contributed by atoms with van der Waals surface area (Å²) in [6.45, 7) is 4.37. The standard InChI is InChI=1S/C41H44N2O2/c44-41(45-34-39-26-14-5-15-27-39)40(43(32-37-22-10-3-11-23-37)33-38-24-12-4-13-25-38)28-16-17-29-42(30-35-18-6-1-7-19-35)31-36-20-8-2-9-21-36/h1-15,18-27,40H,16-17,28-34H2/t40-/m0/s1. The molecule has 0 spiro atoms. The SMILES string of the molecule is O=C(OCc1ccccc1)[C@H](CCCCN(Cc1ccccc1)Cc1ccccc1)N(Cc1ccccc1)Cc1ccccc1. The van der Waals surface area contributed by atoms with Crippen molar-refractivity contribution in [1.82, 2.24) is 9.80 Å². The highest BCUT2D eigenvalue weighted by Crippen LogP contribution is 2.20. The lowest BCUT2D eigenvalue weighted by molar-refractivity contribution is -0.152. The second kappa shape index (κ2) is 17.7. The molecule has 4 heteroatoms. The van der Waals surface area contributed by atoms with Crippen molar-refractivity contribution in [1.29, 1.82) is 0 Å². The Morgan fingerprint density at radius 2 is 0.867 bits per heavy atom. The summed E-state index contributed by atoms with van der Waals surface area (Å²) in [6, 6.07) is 51.8. The molecule has 0 aliphatic rings. The van der Waals surface area contributed by atoms with Crippen LogP contribution in [-0.4, -0.2) is 28.4 Å². The molecule has 0 saturated heterocycles. The third kappa shape index (κ3) is 10.9. The summed E-state index contributed by atoms with van der Waals surface area (Å²) in [5, 5.41) is 0. The highest BCUT2D eigenvalue weighted by atomic mass is 16.5. The number of hydrogen-bond donors (Lipinski definition) is 0. The Morgan fingerprint density at radius 1 is 0.489 bits per heavy atom. The molecule has 5 aromatic carbocycles. The summed E-state index contributed by atoms with van der Waals surface area (Å²) in [5.41, 5.74) is 6.00. The highest BCUT2D eigenvalue weighted by Gasteiger charge is 2.28. The zero-order valence-corrected chi connectivity index (χ0v) is 26.1. The summed E-state index contributed by atoms with van der Waals surface area (Å²) >= 11 is 0. The minimum atomic E-state index is -0.356. The van der Waals surface area contributed by atoms with Crippen molar-refractivity contribution in [3.63, 3.8) is 0 Å². The Kier molecular flexibility index (Phi) is 12.5. The Morgan fingerprint density at radius 3 is 1.29 bits per heavy atom. The third-order valence-corrected chi connectivity index (χ3v) is 8.09. The Balaban J connectivity index is 1.30. The molecule has 5 aromatic rings. The number of unbranched alkanes of at least 4 members (excludes halogenated alkanes) is 1. The van der Waals surface area contributed by atoms with Crippen LogP contribution in [0.1, 0.15) is 47.1 Å². The van der Waals surface area contributed by atoms with Crippen molar-refractivity contribution in [3.8, 4) is 0 Å². The molecule has 45 heavy (non-hydrogen) atoms. The lowest BCUT2D eigenvalue weighted by atomic mass is 10.0. The molecule has 230 valence electrons. The second-order valence-corrected chi connectivity index (χ2v) is 11.7. The number of rotatable bonds is 17. The number of benzene rings is 5. The van der Waals surface area contributed by atoms with E-state index in [1.807, 2.05) is 42.5 Å². The predicted molar refractivity (Wildman–Crippen MR) is 183 cm³/mol. The smallest absolute Gasteiger partial charge is 0.323 e. The Labute approximate surface area is 268 Å². The van der Waals surface area contributed by atoms with Gasteiger partial charge in [-0.1, -0.05) is 158 Å². The van der Waals surface area contributed by atoms with E-state index in [1.165, 1.54) is 22.3 Å². The van der Waals surface area contributed by atoms with Crippen LogP contribution >= 0.6 is 0 Å². The van der Waals surface area contributed by atoms with Gasteiger partial charge in [-0.3, -0.25) is 14.6 Å². The fraction of sp³-hybridized carbons (Fsp3) is 0.244. The normalized spacial score (nSPS) is 11.9. The van der Waals surface area contributed by atoms with Crippen LogP contribution in [0.2, 0.25) is 0 Å². The van der Waals surface area contributed by atoms with Gasteiger partial charge in [0, 0.05) is 26.2 Å². The first-order chi connectivity index (χ1) is 22.2. The second-order valence-electron chi connectivity index (χ2n) is 11.7. The minimum absolute atomic E-state index is 0.156. The van der Waals surface area contributed by atoms with E-state index in [1.54, 1.807) is 0 Å².